The summed E-state index contributed by atoms with van der Waals surface area (Å²) in [6, 6.07) is 2.73. The van der Waals surface area contributed by atoms with Gasteiger partial charge in [-0.15, -0.1) is 5.10 Å². The highest BCUT2D eigenvalue weighted by molar-refractivity contribution is 6.36. The molecule has 0 bridgehead atoms. The average molecular weight is 273 g/mol. The Morgan fingerprint density at radius 1 is 1.41 bits per heavy atom. The fourth-order valence-electron chi connectivity index (χ4n) is 1.38. The van der Waals surface area contributed by atoms with Crippen molar-refractivity contribution in [3.63, 3.8) is 0 Å². The third kappa shape index (κ3) is 2.09. The highest BCUT2D eigenvalue weighted by Gasteiger charge is 2.19. The minimum Gasteiger partial charge on any atom is -0.478 e. The van der Waals surface area contributed by atoms with Gasteiger partial charge in [-0.3, -0.25) is 0 Å². The average Bonchev–Trinajstić information content (AvgIpc) is 2.63. The molecular weight excluding hydrogens is 267 g/mol. The molecule has 0 atom stereocenters. The number of carboxylic acids is 1. The van der Waals surface area contributed by atoms with Gasteiger partial charge in [-0.05, 0) is 29.5 Å². The van der Waals surface area contributed by atoms with Crippen LogP contribution in [0.1, 0.15) is 16.2 Å². The number of carboxylic acid groups (broad SMARTS) is 1. The molecule has 1 heterocycles. The van der Waals surface area contributed by atoms with E-state index in [-0.39, 0.29) is 21.3 Å². The number of benzene rings is 1. The molecule has 0 aliphatic heterocycles. The molecule has 1 aromatic heterocycles. The quantitative estimate of drug-likeness (QED) is 0.904. The summed E-state index contributed by atoms with van der Waals surface area (Å²) in [7, 11) is 0. The number of carbonyl (C=O) groups is 1. The lowest BCUT2D eigenvalue weighted by Crippen LogP contribution is -2.09. The van der Waals surface area contributed by atoms with Gasteiger partial charge in [-0.1, -0.05) is 23.2 Å². The topological polar surface area (TPSA) is 80.9 Å². The first-order chi connectivity index (χ1) is 8.00. The van der Waals surface area contributed by atoms with Crippen molar-refractivity contribution in [1.82, 2.24) is 20.2 Å². The Morgan fingerprint density at radius 2 is 2.12 bits per heavy atom. The summed E-state index contributed by atoms with van der Waals surface area (Å²) in [6.07, 6.45) is 0. The van der Waals surface area contributed by atoms with Crippen LogP contribution in [0.4, 0.5) is 0 Å². The zero-order valence-corrected chi connectivity index (χ0v) is 10.1. The SMILES string of the molecule is Cc1nnnn1-c1c(Cl)cc(Cl)cc1C(=O)O. The lowest BCUT2D eigenvalue weighted by atomic mass is 10.2. The lowest BCUT2D eigenvalue weighted by Gasteiger charge is -2.09. The van der Waals surface area contributed by atoms with Gasteiger partial charge in [0.15, 0.2) is 5.82 Å². The fraction of sp³-hybridized carbons (Fsp3) is 0.111. The molecule has 88 valence electrons. The minimum atomic E-state index is -1.15. The van der Waals surface area contributed by atoms with Crippen molar-refractivity contribution in [2.24, 2.45) is 0 Å². The van der Waals surface area contributed by atoms with Crippen LogP contribution < -0.4 is 0 Å². The molecule has 8 heteroatoms. The second-order valence-corrected chi connectivity index (χ2v) is 4.07. The van der Waals surface area contributed by atoms with Crippen molar-refractivity contribution in [1.29, 1.82) is 0 Å². The molecule has 0 aliphatic carbocycles. The second kappa shape index (κ2) is 4.31. The van der Waals surface area contributed by atoms with Crippen LogP contribution in [0.2, 0.25) is 10.0 Å². The van der Waals surface area contributed by atoms with Crippen LogP contribution in [0.5, 0.6) is 0 Å². The number of halogens is 2. The molecule has 0 saturated carbocycles. The summed E-state index contributed by atoms with van der Waals surface area (Å²) in [5.74, 6) is -0.726. The molecule has 2 rings (SSSR count). The summed E-state index contributed by atoms with van der Waals surface area (Å²) in [5.41, 5.74) is 0.143. The summed E-state index contributed by atoms with van der Waals surface area (Å²) in [4.78, 5) is 11.1. The third-order valence-corrected chi connectivity index (χ3v) is 2.60. The van der Waals surface area contributed by atoms with Gasteiger partial charge < -0.3 is 5.11 Å². The van der Waals surface area contributed by atoms with E-state index in [2.05, 4.69) is 15.5 Å². The van der Waals surface area contributed by atoms with Gasteiger partial charge in [-0.25, -0.2) is 4.79 Å². The van der Waals surface area contributed by atoms with Crippen molar-refractivity contribution >= 4 is 29.2 Å². The van der Waals surface area contributed by atoms with E-state index in [0.717, 1.165) is 0 Å². The molecule has 0 aliphatic rings. The molecule has 1 aromatic carbocycles. The van der Waals surface area contributed by atoms with Gasteiger partial charge in [0.2, 0.25) is 0 Å². The van der Waals surface area contributed by atoms with Crippen LogP contribution in [0, 0.1) is 6.92 Å². The van der Waals surface area contributed by atoms with Gasteiger partial charge >= 0.3 is 5.97 Å². The standard InChI is InChI=1S/C9H6Cl2N4O2/c1-4-12-13-14-15(4)8-6(9(16)17)2-5(10)3-7(8)11/h2-3H,1H3,(H,16,17). The molecule has 0 unspecified atom stereocenters. The third-order valence-electron chi connectivity index (χ3n) is 2.10. The van der Waals surface area contributed by atoms with E-state index in [0.29, 0.717) is 5.82 Å². The van der Waals surface area contributed by atoms with E-state index in [4.69, 9.17) is 28.3 Å². The number of nitrogens with zero attached hydrogens (tertiary/aromatic N) is 4. The van der Waals surface area contributed by atoms with Crippen LogP contribution in [-0.4, -0.2) is 31.3 Å². The number of hydrogen-bond acceptors (Lipinski definition) is 4. The maximum Gasteiger partial charge on any atom is 0.338 e. The summed E-state index contributed by atoms with van der Waals surface area (Å²) in [5, 5.41) is 20.3. The maximum absolute atomic E-state index is 11.1. The number of aromatic carboxylic acids is 1. The first-order valence-electron chi connectivity index (χ1n) is 4.48. The smallest absolute Gasteiger partial charge is 0.338 e. The molecule has 0 fully saturated rings. The Morgan fingerprint density at radius 3 is 2.65 bits per heavy atom. The highest BCUT2D eigenvalue weighted by atomic mass is 35.5. The molecule has 0 radical (unpaired) electrons. The number of rotatable bonds is 2. The zero-order chi connectivity index (χ0) is 12.6. The Bertz CT molecular complexity index is 597. The monoisotopic (exact) mass is 272 g/mol. The van der Waals surface area contributed by atoms with Crippen LogP contribution in [0.25, 0.3) is 5.69 Å². The number of hydrogen-bond donors (Lipinski definition) is 1. The molecule has 2 aromatic rings. The normalized spacial score (nSPS) is 10.5. The summed E-state index contributed by atoms with van der Waals surface area (Å²) in [6.45, 7) is 1.64. The van der Waals surface area contributed by atoms with E-state index in [1.54, 1.807) is 6.92 Å². The highest BCUT2D eigenvalue weighted by Crippen LogP contribution is 2.28. The van der Waals surface area contributed by atoms with Gasteiger partial charge in [0, 0.05) is 5.02 Å². The summed E-state index contributed by atoms with van der Waals surface area (Å²) < 4.78 is 1.25. The van der Waals surface area contributed by atoms with Crippen molar-refractivity contribution < 1.29 is 9.90 Å². The van der Waals surface area contributed by atoms with E-state index in [9.17, 15) is 4.79 Å². The van der Waals surface area contributed by atoms with E-state index in [1.165, 1.54) is 16.8 Å². The minimum absolute atomic E-state index is 0.0575. The molecule has 0 spiro atoms. The van der Waals surface area contributed by atoms with Gasteiger partial charge in [0.25, 0.3) is 0 Å². The predicted molar refractivity (Wildman–Crippen MR) is 60.9 cm³/mol. The van der Waals surface area contributed by atoms with Gasteiger partial charge in [0.1, 0.15) is 5.69 Å². The Balaban J connectivity index is 2.76. The van der Waals surface area contributed by atoms with Crippen molar-refractivity contribution in [3.8, 4) is 5.69 Å². The number of tetrazole rings is 1. The molecule has 17 heavy (non-hydrogen) atoms. The molecular formula is C9H6Cl2N4O2. The van der Waals surface area contributed by atoms with E-state index in [1.807, 2.05) is 0 Å². The predicted octanol–water partition coefficient (Wildman–Crippen LogP) is 1.98. The first-order valence-corrected chi connectivity index (χ1v) is 5.24. The van der Waals surface area contributed by atoms with Crippen molar-refractivity contribution in [2.75, 3.05) is 0 Å². The van der Waals surface area contributed by atoms with Crippen LogP contribution in [-0.2, 0) is 0 Å². The Kier molecular flexibility index (Phi) is 2.99. The van der Waals surface area contributed by atoms with Crippen LogP contribution >= 0.6 is 23.2 Å². The largest absolute Gasteiger partial charge is 0.478 e. The Hall–Kier alpha value is -1.66. The molecule has 0 amide bonds. The van der Waals surface area contributed by atoms with Crippen molar-refractivity contribution in [3.05, 3.63) is 33.6 Å². The van der Waals surface area contributed by atoms with E-state index < -0.39 is 5.97 Å². The van der Waals surface area contributed by atoms with Gasteiger partial charge in [0.05, 0.1) is 10.6 Å². The second-order valence-electron chi connectivity index (χ2n) is 3.23. The Labute approximate surface area is 106 Å². The molecule has 1 N–H and O–H groups in total. The van der Waals surface area contributed by atoms with E-state index >= 15 is 0 Å². The lowest BCUT2D eigenvalue weighted by molar-refractivity contribution is 0.0696. The first kappa shape index (κ1) is 11.8. The van der Waals surface area contributed by atoms with Crippen LogP contribution in [0.15, 0.2) is 12.1 Å². The fourth-order valence-corrected chi connectivity index (χ4v) is 1.96. The van der Waals surface area contributed by atoms with Crippen LogP contribution in [0.3, 0.4) is 0 Å². The molecule has 6 nitrogen and oxygen atoms in total. The zero-order valence-electron chi connectivity index (χ0n) is 8.55. The molecule has 0 saturated heterocycles. The van der Waals surface area contributed by atoms with Gasteiger partial charge in [-0.2, -0.15) is 4.68 Å². The number of aryl methyl sites for hydroxylation is 1. The number of aromatic nitrogens is 4. The van der Waals surface area contributed by atoms with Crippen molar-refractivity contribution in [2.45, 2.75) is 6.92 Å². The maximum atomic E-state index is 11.1. The summed E-state index contributed by atoms with van der Waals surface area (Å²) >= 11 is 11.7.